The predicted octanol–water partition coefficient (Wildman–Crippen LogP) is 2.20. The van der Waals surface area contributed by atoms with Gasteiger partial charge >= 0.3 is 0 Å². The summed E-state index contributed by atoms with van der Waals surface area (Å²) in [6, 6.07) is 9.27. The van der Waals surface area contributed by atoms with Gasteiger partial charge in [-0.3, -0.25) is 4.79 Å². The standard InChI is InChI=1S/C11H9N3OS/c15-8-14-9-4-1-2-5-10(9)16-11-12-6-3-7-13-11/h1-8H,(H,14,15). The lowest BCUT2D eigenvalue weighted by Crippen LogP contribution is -1.95. The second-order valence-corrected chi connectivity index (χ2v) is 3.90. The third-order valence-electron chi connectivity index (χ3n) is 1.84. The highest BCUT2D eigenvalue weighted by Gasteiger charge is 2.04. The zero-order valence-electron chi connectivity index (χ0n) is 8.33. The van der Waals surface area contributed by atoms with Gasteiger partial charge in [0.05, 0.1) is 5.69 Å². The zero-order valence-corrected chi connectivity index (χ0v) is 9.15. The summed E-state index contributed by atoms with van der Waals surface area (Å²) in [4.78, 5) is 19.6. The number of carbonyl (C=O) groups is 1. The molecule has 80 valence electrons. The van der Waals surface area contributed by atoms with Crippen molar-refractivity contribution in [2.45, 2.75) is 10.1 Å². The summed E-state index contributed by atoms with van der Waals surface area (Å²) in [5.74, 6) is 0. The van der Waals surface area contributed by atoms with Crippen molar-refractivity contribution in [3.63, 3.8) is 0 Å². The third-order valence-corrected chi connectivity index (χ3v) is 2.81. The summed E-state index contributed by atoms with van der Waals surface area (Å²) in [5.41, 5.74) is 0.759. The summed E-state index contributed by atoms with van der Waals surface area (Å²) < 4.78 is 0. The molecule has 1 amide bonds. The zero-order chi connectivity index (χ0) is 11.2. The van der Waals surface area contributed by atoms with Crippen LogP contribution in [0.3, 0.4) is 0 Å². The first-order valence-corrected chi connectivity index (χ1v) is 5.46. The molecule has 2 rings (SSSR count). The van der Waals surface area contributed by atoms with Gasteiger partial charge in [-0.25, -0.2) is 9.97 Å². The van der Waals surface area contributed by atoms with Crippen LogP contribution in [0.1, 0.15) is 0 Å². The molecule has 0 unspecified atom stereocenters. The Balaban J connectivity index is 2.24. The summed E-state index contributed by atoms with van der Waals surface area (Å²) >= 11 is 1.41. The van der Waals surface area contributed by atoms with E-state index in [1.165, 1.54) is 11.8 Å². The van der Waals surface area contributed by atoms with Gasteiger partial charge in [-0.1, -0.05) is 12.1 Å². The fourth-order valence-corrected chi connectivity index (χ4v) is 1.98. The summed E-state index contributed by atoms with van der Waals surface area (Å²) in [6.07, 6.45) is 4.03. The van der Waals surface area contributed by atoms with Crippen molar-refractivity contribution in [1.29, 1.82) is 0 Å². The van der Waals surface area contributed by atoms with Crippen LogP contribution in [0.5, 0.6) is 0 Å². The molecule has 0 saturated heterocycles. The minimum absolute atomic E-state index is 0.655. The number of aromatic nitrogens is 2. The van der Waals surface area contributed by atoms with E-state index in [4.69, 9.17) is 0 Å². The molecule has 0 aliphatic carbocycles. The van der Waals surface area contributed by atoms with Gasteiger partial charge in [0.1, 0.15) is 0 Å². The lowest BCUT2D eigenvalue weighted by molar-refractivity contribution is -0.105. The molecule has 2 aromatic rings. The minimum atomic E-state index is 0.655. The van der Waals surface area contributed by atoms with Crippen LogP contribution in [0, 0.1) is 0 Å². The molecule has 0 aliphatic heterocycles. The van der Waals surface area contributed by atoms with E-state index in [9.17, 15) is 4.79 Å². The maximum atomic E-state index is 10.4. The largest absolute Gasteiger partial charge is 0.328 e. The average Bonchev–Trinajstić information content (AvgIpc) is 2.33. The molecule has 1 N–H and O–H groups in total. The van der Waals surface area contributed by atoms with Gasteiger partial charge in [-0.15, -0.1) is 0 Å². The van der Waals surface area contributed by atoms with Crippen LogP contribution in [-0.4, -0.2) is 16.4 Å². The van der Waals surface area contributed by atoms with Crippen molar-refractivity contribution >= 4 is 23.9 Å². The van der Waals surface area contributed by atoms with Gasteiger partial charge in [0.2, 0.25) is 6.41 Å². The maximum absolute atomic E-state index is 10.4. The van der Waals surface area contributed by atoms with Crippen LogP contribution in [0.15, 0.2) is 52.8 Å². The molecule has 1 heterocycles. The van der Waals surface area contributed by atoms with E-state index in [0.29, 0.717) is 11.6 Å². The molecule has 0 saturated carbocycles. The molecule has 0 fully saturated rings. The quantitative estimate of drug-likeness (QED) is 0.647. The normalized spacial score (nSPS) is 9.75. The number of nitrogens with zero attached hydrogens (tertiary/aromatic N) is 2. The van der Waals surface area contributed by atoms with Gasteiger partial charge in [0.25, 0.3) is 0 Å². The number of anilines is 1. The molecular weight excluding hydrogens is 222 g/mol. The molecule has 1 aromatic carbocycles. The monoisotopic (exact) mass is 231 g/mol. The lowest BCUT2D eigenvalue weighted by atomic mass is 10.3. The first-order chi connectivity index (χ1) is 7.90. The second kappa shape index (κ2) is 5.27. The Labute approximate surface area is 97.1 Å². The topological polar surface area (TPSA) is 54.9 Å². The number of carbonyl (C=O) groups excluding carboxylic acids is 1. The second-order valence-electron chi connectivity index (χ2n) is 2.89. The van der Waals surface area contributed by atoms with Crippen LogP contribution in [0.25, 0.3) is 0 Å². The number of amides is 1. The molecule has 5 heteroatoms. The van der Waals surface area contributed by atoms with Gasteiger partial charge in [-0.05, 0) is 30.0 Å². The highest BCUT2D eigenvalue weighted by molar-refractivity contribution is 7.99. The summed E-state index contributed by atoms with van der Waals surface area (Å²) in [5, 5.41) is 3.29. The minimum Gasteiger partial charge on any atom is -0.328 e. The van der Waals surface area contributed by atoms with Crippen LogP contribution >= 0.6 is 11.8 Å². The Hall–Kier alpha value is -1.88. The van der Waals surface area contributed by atoms with Crippen molar-refractivity contribution in [2.24, 2.45) is 0 Å². The Morgan fingerprint density at radius 3 is 2.62 bits per heavy atom. The Kier molecular flexibility index (Phi) is 3.50. The predicted molar refractivity (Wildman–Crippen MR) is 62.3 cm³/mol. The molecule has 0 bridgehead atoms. The molecule has 0 aliphatic rings. The maximum Gasteiger partial charge on any atom is 0.211 e. The van der Waals surface area contributed by atoms with E-state index >= 15 is 0 Å². The van der Waals surface area contributed by atoms with Crippen molar-refractivity contribution in [1.82, 2.24) is 9.97 Å². The van der Waals surface area contributed by atoms with Gasteiger partial charge < -0.3 is 5.32 Å². The molecule has 0 atom stereocenters. The van der Waals surface area contributed by atoms with Crippen LogP contribution < -0.4 is 5.32 Å². The highest BCUT2D eigenvalue weighted by atomic mass is 32.2. The molecule has 1 aromatic heterocycles. The lowest BCUT2D eigenvalue weighted by Gasteiger charge is -2.05. The highest BCUT2D eigenvalue weighted by Crippen LogP contribution is 2.30. The summed E-state index contributed by atoms with van der Waals surface area (Å²) in [6.45, 7) is 0. The smallest absolute Gasteiger partial charge is 0.211 e. The molecule has 0 spiro atoms. The van der Waals surface area contributed by atoms with E-state index in [1.54, 1.807) is 18.5 Å². The first-order valence-electron chi connectivity index (χ1n) is 4.64. The van der Waals surface area contributed by atoms with Crippen LogP contribution in [0.4, 0.5) is 5.69 Å². The SMILES string of the molecule is O=CNc1ccccc1Sc1ncccn1. The Morgan fingerprint density at radius 1 is 1.12 bits per heavy atom. The van der Waals surface area contributed by atoms with Crippen molar-refractivity contribution in [3.05, 3.63) is 42.7 Å². The van der Waals surface area contributed by atoms with Crippen molar-refractivity contribution in [3.8, 4) is 0 Å². The van der Waals surface area contributed by atoms with Gasteiger partial charge in [-0.2, -0.15) is 0 Å². The van der Waals surface area contributed by atoms with Crippen molar-refractivity contribution < 1.29 is 4.79 Å². The molecule has 0 radical (unpaired) electrons. The van der Waals surface area contributed by atoms with Crippen LogP contribution in [0.2, 0.25) is 0 Å². The average molecular weight is 231 g/mol. The number of para-hydroxylation sites is 1. The van der Waals surface area contributed by atoms with Crippen LogP contribution in [-0.2, 0) is 4.79 Å². The number of rotatable bonds is 4. The van der Waals surface area contributed by atoms with Gasteiger partial charge in [0.15, 0.2) is 5.16 Å². The molecule has 16 heavy (non-hydrogen) atoms. The van der Waals surface area contributed by atoms with E-state index in [2.05, 4.69) is 15.3 Å². The number of benzene rings is 1. The fraction of sp³-hybridized carbons (Fsp3) is 0. The van der Waals surface area contributed by atoms with Gasteiger partial charge in [0, 0.05) is 17.3 Å². The molecular formula is C11H9N3OS. The fourth-order valence-electron chi connectivity index (χ4n) is 1.17. The Morgan fingerprint density at radius 2 is 1.88 bits per heavy atom. The van der Waals surface area contributed by atoms with E-state index in [0.717, 1.165) is 10.6 Å². The number of hydrogen-bond donors (Lipinski definition) is 1. The third kappa shape index (κ3) is 2.58. The number of nitrogens with one attached hydrogen (secondary N) is 1. The number of hydrogen-bond acceptors (Lipinski definition) is 4. The van der Waals surface area contributed by atoms with Crippen molar-refractivity contribution in [2.75, 3.05) is 5.32 Å². The van der Waals surface area contributed by atoms with E-state index in [-0.39, 0.29) is 0 Å². The first kappa shape index (κ1) is 10.6. The molecule has 4 nitrogen and oxygen atoms in total. The summed E-state index contributed by atoms with van der Waals surface area (Å²) in [7, 11) is 0. The van der Waals surface area contributed by atoms with E-state index in [1.807, 2.05) is 24.3 Å². The van der Waals surface area contributed by atoms with E-state index < -0.39 is 0 Å². The Bertz CT molecular complexity index is 476.